The van der Waals surface area contributed by atoms with Crippen molar-refractivity contribution in [2.75, 3.05) is 0 Å². The third-order valence-corrected chi connectivity index (χ3v) is 4.05. The second-order valence-corrected chi connectivity index (χ2v) is 5.93. The number of carbonyl (C=O) groups excluding carboxylic acids is 1. The van der Waals surface area contributed by atoms with Crippen LogP contribution < -0.4 is 10.9 Å². The van der Waals surface area contributed by atoms with Crippen molar-refractivity contribution in [1.29, 1.82) is 0 Å². The molecule has 1 amide bonds. The Balaban J connectivity index is 1.88. The van der Waals surface area contributed by atoms with Crippen LogP contribution in [0.4, 0.5) is 0 Å². The number of nitrogens with one attached hydrogen (secondary N) is 1. The van der Waals surface area contributed by atoms with E-state index >= 15 is 0 Å². The number of thiophene rings is 1. The lowest BCUT2D eigenvalue weighted by molar-refractivity contribution is -0.137. The van der Waals surface area contributed by atoms with Gasteiger partial charge >= 0.3 is 5.97 Å². The van der Waals surface area contributed by atoms with Crippen molar-refractivity contribution >= 4 is 33.4 Å². The van der Waals surface area contributed by atoms with Gasteiger partial charge < -0.3 is 10.4 Å². The molecule has 1 atom stereocenters. The van der Waals surface area contributed by atoms with Crippen LogP contribution in [0.2, 0.25) is 0 Å². The molecule has 2 rings (SSSR count). The summed E-state index contributed by atoms with van der Waals surface area (Å²) in [5.41, 5.74) is -0.155. The van der Waals surface area contributed by atoms with E-state index in [0.29, 0.717) is 16.6 Å². The minimum absolute atomic E-state index is 0.0135. The number of hydrogen-bond donors (Lipinski definition) is 2. The molecule has 0 radical (unpaired) electrons. The second kappa shape index (κ2) is 7.17. The number of aryl methyl sites for hydroxylation is 1. The van der Waals surface area contributed by atoms with Gasteiger partial charge in [0.25, 0.3) is 5.56 Å². The first-order chi connectivity index (χ1) is 10.5. The van der Waals surface area contributed by atoms with E-state index in [2.05, 4.69) is 10.3 Å². The zero-order valence-electron chi connectivity index (χ0n) is 12.1. The van der Waals surface area contributed by atoms with Crippen molar-refractivity contribution in [2.24, 2.45) is 0 Å². The Morgan fingerprint density at radius 1 is 1.45 bits per heavy atom. The van der Waals surface area contributed by atoms with Crippen LogP contribution >= 0.6 is 11.3 Å². The molecule has 0 fully saturated rings. The van der Waals surface area contributed by atoms with Crippen LogP contribution in [0.3, 0.4) is 0 Å². The van der Waals surface area contributed by atoms with Crippen LogP contribution in [-0.4, -0.2) is 32.6 Å². The highest BCUT2D eigenvalue weighted by molar-refractivity contribution is 7.16. The molecule has 8 heteroatoms. The number of amides is 1. The zero-order chi connectivity index (χ0) is 16.1. The fourth-order valence-corrected chi connectivity index (χ4v) is 2.76. The molecule has 0 saturated heterocycles. The molecule has 0 spiro atoms. The Hall–Kier alpha value is -2.22. The van der Waals surface area contributed by atoms with E-state index in [-0.39, 0.29) is 36.9 Å². The van der Waals surface area contributed by atoms with E-state index in [1.54, 1.807) is 18.4 Å². The highest BCUT2D eigenvalue weighted by Gasteiger charge is 2.10. The lowest BCUT2D eigenvalue weighted by Gasteiger charge is -2.13. The molecule has 0 saturated carbocycles. The van der Waals surface area contributed by atoms with Gasteiger partial charge in [-0.2, -0.15) is 0 Å². The highest BCUT2D eigenvalue weighted by atomic mass is 32.1. The Morgan fingerprint density at radius 2 is 2.23 bits per heavy atom. The molecule has 2 aromatic heterocycles. The van der Waals surface area contributed by atoms with Gasteiger partial charge in [0.05, 0.1) is 11.7 Å². The smallest absolute Gasteiger partial charge is 0.303 e. The van der Waals surface area contributed by atoms with Gasteiger partial charge in [0.1, 0.15) is 4.83 Å². The average Bonchev–Trinajstić information content (AvgIpc) is 2.94. The topological polar surface area (TPSA) is 101 Å². The number of hydrogen-bond acceptors (Lipinski definition) is 5. The highest BCUT2D eigenvalue weighted by Crippen LogP contribution is 2.13. The molecule has 0 bridgehead atoms. The number of carboxylic acid groups (broad SMARTS) is 1. The van der Waals surface area contributed by atoms with Gasteiger partial charge in [-0.25, -0.2) is 4.98 Å². The largest absolute Gasteiger partial charge is 0.481 e. The molecular formula is C14H17N3O4S. The lowest BCUT2D eigenvalue weighted by Crippen LogP contribution is -2.34. The molecule has 0 aliphatic heterocycles. The number of rotatable bonds is 7. The number of aliphatic carboxylic acids is 1. The maximum absolute atomic E-state index is 12.1. The van der Waals surface area contributed by atoms with Crippen molar-refractivity contribution in [3.05, 3.63) is 28.1 Å². The first kappa shape index (κ1) is 16.2. The minimum Gasteiger partial charge on any atom is -0.481 e. The SMILES string of the molecule is CC(CCC(=O)O)NC(=O)CCn1cnc2sccc2c1=O. The quantitative estimate of drug-likeness (QED) is 0.798. The maximum atomic E-state index is 12.1. The third kappa shape index (κ3) is 4.14. The summed E-state index contributed by atoms with van der Waals surface area (Å²) in [6.45, 7) is 2.00. The van der Waals surface area contributed by atoms with E-state index in [1.165, 1.54) is 22.2 Å². The molecule has 7 nitrogen and oxygen atoms in total. The molecule has 2 heterocycles. The van der Waals surface area contributed by atoms with Crippen LogP contribution in [0.15, 0.2) is 22.6 Å². The summed E-state index contributed by atoms with van der Waals surface area (Å²) < 4.78 is 1.41. The zero-order valence-corrected chi connectivity index (χ0v) is 12.9. The summed E-state index contributed by atoms with van der Waals surface area (Å²) in [5, 5.41) is 13.7. The summed E-state index contributed by atoms with van der Waals surface area (Å²) in [4.78, 5) is 39.3. The third-order valence-electron chi connectivity index (χ3n) is 3.23. The molecule has 22 heavy (non-hydrogen) atoms. The average molecular weight is 323 g/mol. The van der Waals surface area contributed by atoms with Gasteiger partial charge in [-0.15, -0.1) is 11.3 Å². The molecule has 2 N–H and O–H groups in total. The van der Waals surface area contributed by atoms with Gasteiger partial charge in [-0.05, 0) is 24.8 Å². The summed E-state index contributed by atoms with van der Waals surface area (Å²) >= 11 is 1.40. The van der Waals surface area contributed by atoms with Crippen LogP contribution in [0.25, 0.3) is 10.2 Å². The Labute approximate surface area is 130 Å². The van der Waals surface area contributed by atoms with E-state index in [9.17, 15) is 14.4 Å². The monoisotopic (exact) mass is 323 g/mol. The first-order valence-corrected chi connectivity index (χ1v) is 7.79. The van der Waals surface area contributed by atoms with Crippen LogP contribution in [-0.2, 0) is 16.1 Å². The number of fused-ring (bicyclic) bond motifs is 1. The van der Waals surface area contributed by atoms with Gasteiger partial charge in [-0.1, -0.05) is 0 Å². The number of aromatic nitrogens is 2. The summed E-state index contributed by atoms with van der Waals surface area (Å²) in [6.07, 6.45) is 1.99. The van der Waals surface area contributed by atoms with Crippen molar-refractivity contribution in [3.63, 3.8) is 0 Å². The fraction of sp³-hybridized carbons (Fsp3) is 0.429. The predicted molar refractivity (Wildman–Crippen MR) is 83.0 cm³/mol. The Kier molecular flexibility index (Phi) is 5.26. The molecule has 118 valence electrons. The molecule has 1 unspecified atom stereocenters. The Morgan fingerprint density at radius 3 is 2.95 bits per heavy atom. The van der Waals surface area contributed by atoms with Crippen molar-refractivity contribution in [1.82, 2.24) is 14.9 Å². The van der Waals surface area contributed by atoms with E-state index in [0.717, 1.165) is 0 Å². The van der Waals surface area contributed by atoms with E-state index in [4.69, 9.17) is 5.11 Å². The van der Waals surface area contributed by atoms with Crippen LogP contribution in [0, 0.1) is 0 Å². The van der Waals surface area contributed by atoms with E-state index < -0.39 is 5.97 Å². The van der Waals surface area contributed by atoms with E-state index in [1.807, 2.05) is 0 Å². The summed E-state index contributed by atoms with van der Waals surface area (Å²) in [6, 6.07) is 1.51. The minimum atomic E-state index is -0.886. The standard InChI is InChI=1S/C14H17N3O4S/c1-9(2-3-12(19)20)16-11(18)4-6-17-8-15-13-10(14(17)21)5-7-22-13/h5,7-9H,2-4,6H2,1H3,(H,16,18)(H,19,20). The number of carboxylic acids is 1. The van der Waals surface area contributed by atoms with Crippen LogP contribution in [0.1, 0.15) is 26.2 Å². The number of carbonyl (C=O) groups is 2. The maximum Gasteiger partial charge on any atom is 0.303 e. The summed E-state index contributed by atoms with van der Waals surface area (Å²) in [5.74, 6) is -1.10. The van der Waals surface area contributed by atoms with Crippen molar-refractivity contribution in [2.45, 2.75) is 38.8 Å². The van der Waals surface area contributed by atoms with Gasteiger partial charge in [-0.3, -0.25) is 19.0 Å². The predicted octanol–water partition coefficient (Wildman–Crippen LogP) is 1.22. The molecule has 0 aliphatic rings. The summed E-state index contributed by atoms with van der Waals surface area (Å²) in [7, 11) is 0. The molecular weight excluding hydrogens is 306 g/mol. The van der Waals surface area contributed by atoms with Crippen LogP contribution in [0.5, 0.6) is 0 Å². The first-order valence-electron chi connectivity index (χ1n) is 6.91. The van der Waals surface area contributed by atoms with Gasteiger partial charge in [0.15, 0.2) is 0 Å². The lowest BCUT2D eigenvalue weighted by atomic mass is 10.2. The molecule has 2 aromatic rings. The Bertz CT molecular complexity index is 737. The van der Waals surface area contributed by atoms with Crippen molar-refractivity contribution in [3.8, 4) is 0 Å². The van der Waals surface area contributed by atoms with Gasteiger partial charge in [0, 0.05) is 25.4 Å². The second-order valence-electron chi connectivity index (χ2n) is 5.03. The molecule has 0 aliphatic carbocycles. The van der Waals surface area contributed by atoms with Gasteiger partial charge in [0.2, 0.25) is 5.91 Å². The normalized spacial score (nSPS) is 12.2. The van der Waals surface area contributed by atoms with Crippen molar-refractivity contribution < 1.29 is 14.7 Å². The fourth-order valence-electron chi connectivity index (χ4n) is 2.03. The number of nitrogens with zero attached hydrogens (tertiary/aromatic N) is 2. The molecule has 0 aromatic carbocycles.